The Morgan fingerprint density at radius 1 is 0.556 bits per heavy atom. The molecule has 0 aliphatic carbocycles. The van der Waals surface area contributed by atoms with Gasteiger partial charge in [0.25, 0.3) is 0 Å². The quantitative estimate of drug-likeness (QED) is 0.400. The third-order valence-electron chi connectivity index (χ3n) is 0. The predicted octanol–water partition coefficient (Wildman–Crippen LogP) is -5.74. The first kappa shape index (κ1) is 36.1. The molecule has 8 nitrogen and oxygen atoms in total. The van der Waals surface area contributed by atoms with Crippen LogP contribution in [0.15, 0.2) is 0 Å². The van der Waals surface area contributed by atoms with Crippen molar-refractivity contribution < 1.29 is 39.6 Å². The zero-order valence-corrected chi connectivity index (χ0v) is 14.3. The molecule has 0 aromatic carbocycles. The summed E-state index contributed by atoms with van der Waals surface area (Å²) in [6.07, 6.45) is 0. The number of carboxylic acid groups (broad SMARTS) is 4. The van der Waals surface area contributed by atoms with Crippen LogP contribution in [0, 0.1) is 0 Å². The van der Waals surface area contributed by atoms with Crippen molar-refractivity contribution in [3.63, 3.8) is 0 Å². The number of aliphatic carboxylic acids is 4. The molecule has 96 valence electrons. The molecule has 0 heterocycles. The summed E-state index contributed by atoms with van der Waals surface area (Å²) in [6, 6.07) is 0. The molecule has 18 heavy (non-hydrogen) atoms. The SMILES string of the molecule is CC(=O)[O-].CC(=O)[O-].CC(=O)[O-].CC(=O)[O-].[Ca+2].[Mg+2]. The van der Waals surface area contributed by atoms with Gasteiger partial charge in [0, 0.05) is 23.9 Å². The van der Waals surface area contributed by atoms with Gasteiger partial charge in [-0.15, -0.1) is 0 Å². The van der Waals surface area contributed by atoms with Crippen molar-refractivity contribution in [2.45, 2.75) is 27.7 Å². The molecule has 0 saturated heterocycles. The van der Waals surface area contributed by atoms with Gasteiger partial charge in [-0.3, -0.25) is 0 Å². The van der Waals surface area contributed by atoms with Crippen LogP contribution in [0.25, 0.3) is 0 Å². The number of carbonyl (C=O) groups is 4. The summed E-state index contributed by atoms with van der Waals surface area (Å²) in [5, 5.41) is 35.6. The van der Waals surface area contributed by atoms with E-state index >= 15 is 0 Å². The maximum Gasteiger partial charge on any atom is 2.00 e. The number of hydrogen-bond acceptors (Lipinski definition) is 8. The minimum atomic E-state index is -1.08. The van der Waals surface area contributed by atoms with Gasteiger partial charge < -0.3 is 39.6 Å². The maximum atomic E-state index is 8.89. The molecule has 0 aliphatic heterocycles. The summed E-state index contributed by atoms with van der Waals surface area (Å²) in [7, 11) is 0. The summed E-state index contributed by atoms with van der Waals surface area (Å²) in [4.78, 5) is 35.6. The van der Waals surface area contributed by atoms with Crippen molar-refractivity contribution in [3.8, 4) is 0 Å². The summed E-state index contributed by atoms with van der Waals surface area (Å²) in [6.45, 7) is 3.89. The smallest absolute Gasteiger partial charge is 0.550 e. The third kappa shape index (κ3) is 400000. The molecule has 0 fully saturated rings. The molecule has 0 unspecified atom stereocenters. The van der Waals surface area contributed by atoms with Crippen LogP contribution >= 0.6 is 0 Å². The Hall–Kier alpha value is -0.0940. The topological polar surface area (TPSA) is 161 Å². The van der Waals surface area contributed by atoms with Crippen LogP contribution in [-0.2, 0) is 19.2 Å². The fraction of sp³-hybridized carbons (Fsp3) is 0.500. The molecular formula is C8H12CaMgO8. The van der Waals surface area contributed by atoms with Gasteiger partial charge in [-0.25, -0.2) is 0 Å². The Kier molecular flexibility index (Phi) is 60.5. The third-order valence-corrected chi connectivity index (χ3v) is 0. The first-order valence-corrected chi connectivity index (χ1v) is 3.63. The van der Waals surface area contributed by atoms with E-state index in [9.17, 15) is 0 Å². The summed E-state index contributed by atoms with van der Waals surface area (Å²) in [5.74, 6) is -4.33. The van der Waals surface area contributed by atoms with E-state index < -0.39 is 23.9 Å². The van der Waals surface area contributed by atoms with Crippen LogP contribution in [-0.4, -0.2) is 84.7 Å². The van der Waals surface area contributed by atoms with Gasteiger partial charge in [0.1, 0.15) is 0 Å². The zero-order chi connectivity index (χ0) is 14.3. The molecule has 0 spiro atoms. The van der Waals surface area contributed by atoms with Crippen molar-refractivity contribution in [1.29, 1.82) is 0 Å². The normalized spacial score (nSPS) is 5.56. The average molecular weight is 301 g/mol. The molecule has 0 amide bonds. The second kappa shape index (κ2) is 30.2. The number of rotatable bonds is 0. The Morgan fingerprint density at radius 3 is 0.556 bits per heavy atom. The second-order valence-corrected chi connectivity index (χ2v) is 1.97. The van der Waals surface area contributed by atoms with Gasteiger partial charge in [0.15, 0.2) is 0 Å². The molecule has 0 saturated carbocycles. The first-order valence-electron chi connectivity index (χ1n) is 3.63. The fourth-order valence-corrected chi connectivity index (χ4v) is 0. The summed E-state index contributed by atoms with van der Waals surface area (Å²) >= 11 is 0. The van der Waals surface area contributed by atoms with E-state index in [4.69, 9.17) is 39.6 Å². The van der Waals surface area contributed by atoms with E-state index in [0.29, 0.717) is 0 Å². The minimum absolute atomic E-state index is 0. The maximum absolute atomic E-state index is 8.89. The van der Waals surface area contributed by atoms with Gasteiger partial charge in [0.2, 0.25) is 0 Å². The molecule has 10 heteroatoms. The number of hydrogen-bond donors (Lipinski definition) is 0. The largest absolute Gasteiger partial charge is 2.00 e. The molecule has 0 rings (SSSR count). The molecule has 0 N–H and O–H groups in total. The van der Waals surface area contributed by atoms with Gasteiger partial charge in [-0.05, 0) is 27.7 Å². The molecule has 0 radical (unpaired) electrons. The van der Waals surface area contributed by atoms with Crippen LogP contribution in [0.5, 0.6) is 0 Å². The Bertz CT molecular complexity index is 167. The number of carbonyl (C=O) groups excluding carboxylic acids is 4. The van der Waals surface area contributed by atoms with Crippen molar-refractivity contribution in [2.24, 2.45) is 0 Å². The predicted molar refractivity (Wildman–Crippen MR) is 54.2 cm³/mol. The van der Waals surface area contributed by atoms with Gasteiger partial charge in [-0.2, -0.15) is 0 Å². The van der Waals surface area contributed by atoms with Crippen molar-refractivity contribution in [1.82, 2.24) is 0 Å². The zero-order valence-electron chi connectivity index (χ0n) is 10.7. The van der Waals surface area contributed by atoms with Crippen LogP contribution in [0.3, 0.4) is 0 Å². The van der Waals surface area contributed by atoms with E-state index in [0.717, 1.165) is 27.7 Å². The molecule has 0 aromatic rings. The van der Waals surface area contributed by atoms with Gasteiger partial charge in [-0.1, -0.05) is 0 Å². The Labute approximate surface area is 151 Å². The van der Waals surface area contributed by atoms with Crippen molar-refractivity contribution in [3.05, 3.63) is 0 Å². The number of carboxylic acids is 4. The van der Waals surface area contributed by atoms with Crippen LogP contribution in [0.2, 0.25) is 0 Å². The Balaban J connectivity index is -0.0000000257. The summed E-state index contributed by atoms with van der Waals surface area (Å²) < 4.78 is 0. The average Bonchev–Trinajstić information content (AvgIpc) is 1.76. The van der Waals surface area contributed by atoms with E-state index in [1.54, 1.807) is 0 Å². The van der Waals surface area contributed by atoms with Crippen molar-refractivity contribution in [2.75, 3.05) is 0 Å². The van der Waals surface area contributed by atoms with Crippen molar-refractivity contribution >= 4 is 84.7 Å². The van der Waals surface area contributed by atoms with Crippen LogP contribution in [0.4, 0.5) is 0 Å². The Morgan fingerprint density at radius 2 is 0.556 bits per heavy atom. The molecule has 0 aromatic heterocycles. The van der Waals surface area contributed by atoms with E-state index in [1.165, 1.54) is 0 Å². The van der Waals surface area contributed by atoms with Crippen LogP contribution in [0.1, 0.15) is 27.7 Å². The van der Waals surface area contributed by atoms with E-state index in [-0.39, 0.29) is 60.8 Å². The monoisotopic (exact) mass is 300 g/mol. The molecule has 0 aliphatic rings. The first-order chi connectivity index (χ1) is 6.93. The van der Waals surface area contributed by atoms with E-state index in [2.05, 4.69) is 0 Å². The van der Waals surface area contributed by atoms with Gasteiger partial charge >= 0.3 is 60.8 Å². The standard InChI is InChI=1S/4C2H4O2.Ca.Mg/c4*1-2(3)4;;/h4*1H3,(H,3,4);;/q;;;;2*+2/p-4. The summed E-state index contributed by atoms with van der Waals surface area (Å²) in [5.41, 5.74) is 0. The second-order valence-electron chi connectivity index (χ2n) is 1.97. The molecule has 0 atom stereocenters. The van der Waals surface area contributed by atoms with Gasteiger partial charge in [0.05, 0.1) is 0 Å². The van der Waals surface area contributed by atoms with E-state index in [1.807, 2.05) is 0 Å². The fourth-order valence-electron chi connectivity index (χ4n) is 0. The van der Waals surface area contributed by atoms with Crippen LogP contribution < -0.4 is 20.4 Å². The molecule has 0 bridgehead atoms. The minimum Gasteiger partial charge on any atom is -0.550 e. The molecular weight excluding hydrogens is 288 g/mol.